The van der Waals surface area contributed by atoms with E-state index in [0.29, 0.717) is 16.1 Å². The van der Waals surface area contributed by atoms with Crippen LogP contribution in [-0.4, -0.2) is 31.8 Å². The Morgan fingerprint density at radius 1 is 0.967 bits per heavy atom. The molecule has 0 saturated carbocycles. The fraction of sp³-hybridized carbons (Fsp3) is 0.0870. The van der Waals surface area contributed by atoms with Crippen molar-refractivity contribution in [2.45, 2.75) is 12.6 Å². The van der Waals surface area contributed by atoms with Crippen LogP contribution >= 0.6 is 11.6 Å². The molecule has 2 aromatic carbocycles. The highest BCUT2D eigenvalue weighted by atomic mass is 35.5. The van der Waals surface area contributed by atoms with Gasteiger partial charge in [-0.05, 0) is 59.7 Å². The monoisotopic (exact) mass is 420 g/mol. The molecule has 1 atom stereocenters. The minimum atomic E-state index is -0.811. The summed E-state index contributed by atoms with van der Waals surface area (Å²) in [6.45, 7) is 0.163. The number of benzene rings is 2. The third-order valence-electron chi connectivity index (χ3n) is 4.97. The second-order valence-corrected chi connectivity index (χ2v) is 7.32. The number of ketones is 1. The summed E-state index contributed by atoms with van der Waals surface area (Å²) in [4.78, 5) is 31.2. The second-order valence-electron chi connectivity index (χ2n) is 6.88. The number of carbonyl (C=O) groups excluding carboxylic acids is 2. The Morgan fingerprint density at radius 2 is 1.60 bits per heavy atom. The molecule has 1 aliphatic rings. The van der Waals surface area contributed by atoms with E-state index >= 15 is 0 Å². The lowest BCUT2D eigenvalue weighted by Crippen LogP contribution is -2.29. The van der Waals surface area contributed by atoms with Crippen molar-refractivity contribution in [2.24, 2.45) is 0 Å². The van der Waals surface area contributed by atoms with Gasteiger partial charge >= 0.3 is 0 Å². The van der Waals surface area contributed by atoms with Crippen molar-refractivity contribution in [3.63, 3.8) is 0 Å². The van der Waals surface area contributed by atoms with E-state index in [1.807, 2.05) is 0 Å². The number of hydrogen-bond donors (Lipinski definition) is 2. The van der Waals surface area contributed by atoms with Crippen LogP contribution in [0.2, 0.25) is 5.02 Å². The molecule has 1 aliphatic heterocycles. The van der Waals surface area contributed by atoms with Crippen LogP contribution in [0.25, 0.3) is 5.76 Å². The molecule has 0 aliphatic carbocycles. The Labute approximate surface area is 177 Å². The predicted octanol–water partition coefficient (Wildman–Crippen LogP) is 4.06. The number of nitrogens with zero attached hydrogens (tertiary/aromatic N) is 2. The fourth-order valence-corrected chi connectivity index (χ4v) is 3.62. The molecule has 0 bridgehead atoms. The predicted molar refractivity (Wildman–Crippen MR) is 112 cm³/mol. The van der Waals surface area contributed by atoms with E-state index < -0.39 is 17.7 Å². The molecular formula is C23H17ClN2O4. The zero-order chi connectivity index (χ0) is 21.3. The quantitative estimate of drug-likeness (QED) is 0.377. The van der Waals surface area contributed by atoms with E-state index in [1.54, 1.807) is 60.9 Å². The molecule has 4 rings (SSSR count). The average Bonchev–Trinajstić information content (AvgIpc) is 3.00. The largest absolute Gasteiger partial charge is 0.508 e. The van der Waals surface area contributed by atoms with E-state index in [9.17, 15) is 19.8 Å². The van der Waals surface area contributed by atoms with Gasteiger partial charge in [0.05, 0.1) is 11.6 Å². The third-order valence-corrected chi connectivity index (χ3v) is 5.22. The molecule has 1 amide bonds. The van der Waals surface area contributed by atoms with E-state index in [1.165, 1.54) is 17.0 Å². The molecule has 2 heterocycles. The lowest BCUT2D eigenvalue weighted by atomic mass is 9.95. The van der Waals surface area contributed by atoms with Crippen molar-refractivity contribution < 1.29 is 19.8 Å². The lowest BCUT2D eigenvalue weighted by Gasteiger charge is -2.25. The highest BCUT2D eigenvalue weighted by molar-refractivity contribution is 6.46. The van der Waals surface area contributed by atoms with Crippen LogP contribution in [0.15, 0.2) is 78.6 Å². The normalized spacial score (nSPS) is 18.0. The maximum Gasteiger partial charge on any atom is 0.295 e. The minimum Gasteiger partial charge on any atom is -0.508 e. The van der Waals surface area contributed by atoms with Gasteiger partial charge in [-0.2, -0.15) is 0 Å². The minimum absolute atomic E-state index is 0.0120. The number of rotatable bonds is 4. The van der Waals surface area contributed by atoms with Crippen molar-refractivity contribution in [1.82, 2.24) is 9.88 Å². The summed E-state index contributed by atoms with van der Waals surface area (Å²) >= 11 is 5.92. The van der Waals surface area contributed by atoms with Gasteiger partial charge < -0.3 is 15.1 Å². The van der Waals surface area contributed by atoms with E-state index in [0.717, 1.165) is 5.56 Å². The molecule has 0 radical (unpaired) electrons. The van der Waals surface area contributed by atoms with Crippen LogP contribution in [0.3, 0.4) is 0 Å². The van der Waals surface area contributed by atoms with Crippen LogP contribution in [-0.2, 0) is 16.1 Å². The summed E-state index contributed by atoms with van der Waals surface area (Å²) in [6, 6.07) is 15.3. The van der Waals surface area contributed by atoms with Crippen LogP contribution in [0, 0.1) is 0 Å². The van der Waals surface area contributed by atoms with Gasteiger partial charge in [0.1, 0.15) is 11.5 Å². The molecule has 0 spiro atoms. The molecule has 30 heavy (non-hydrogen) atoms. The first-order valence-electron chi connectivity index (χ1n) is 9.18. The molecule has 150 valence electrons. The second kappa shape index (κ2) is 8.00. The molecular weight excluding hydrogens is 404 g/mol. The number of aromatic hydroxyl groups is 1. The molecule has 1 unspecified atom stereocenters. The summed E-state index contributed by atoms with van der Waals surface area (Å²) < 4.78 is 0. The van der Waals surface area contributed by atoms with Crippen molar-refractivity contribution in [1.29, 1.82) is 0 Å². The number of pyridine rings is 1. The number of halogens is 1. The molecule has 6 nitrogen and oxygen atoms in total. The van der Waals surface area contributed by atoms with Gasteiger partial charge in [0, 0.05) is 29.5 Å². The molecule has 7 heteroatoms. The Kier molecular flexibility index (Phi) is 5.25. The Bertz CT molecular complexity index is 1130. The highest BCUT2D eigenvalue weighted by Crippen LogP contribution is 2.40. The third kappa shape index (κ3) is 3.65. The number of aliphatic hydroxyl groups excluding tert-OH is 1. The first-order valence-corrected chi connectivity index (χ1v) is 9.55. The van der Waals surface area contributed by atoms with Gasteiger partial charge in [0.15, 0.2) is 0 Å². The van der Waals surface area contributed by atoms with E-state index in [-0.39, 0.29) is 23.6 Å². The first kappa shape index (κ1) is 19.7. The summed E-state index contributed by atoms with van der Waals surface area (Å²) in [6.07, 6.45) is 3.21. The maximum absolute atomic E-state index is 12.9. The number of carbonyl (C=O) groups is 2. The molecule has 1 aromatic heterocycles. The van der Waals surface area contributed by atoms with Crippen LogP contribution in [0.5, 0.6) is 5.75 Å². The summed E-state index contributed by atoms with van der Waals surface area (Å²) in [5.74, 6) is -1.70. The lowest BCUT2D eigenvalue weighted by molar-refractivity contribution is -0.140. The van der Waals surface area contributed by atoms with E-state index in [4.69, 9.17) is 11.6 Å². The Hall–Kier alpha value is -3.64. The standard InChI is InChI=1S/C23H17ClN2O4/c24-17-5-1-16(2-6-17)21(28)19-20(15-3-7-18(27)8-4-15)26(23(30)22(19)29)13-14-9-11-25-12-10-14/h1-12,20,27-28H,13H2/b21-19+. The smallest absolute Gasteiger partial charge is 0.295 e. The molecule has 1 saturated heterocycles. The summed E-state index contributed by atoms with van der Waals surface area (Å²) in [5, 5.41) is 21.1. The van der Waals surface area contributed by atoms with Crippen LogP contribution in [0.4, 0.5) is 0 Å². The number of aromatic nitrogens is 1. The molecule has 3 aromatic rings. The van der Waals surface area contributed by atoms with Gasteiger partial charge in [-0.1, -0.05) is 23.7 Å². The summed E-state index contributed by atoms with van der Waals surface area (Å²) in [5.41, 5.74) is 1.76. The van der Waals surface area contributed by atoms with Crippen molar-refractivity contribution in [3.05, 3.63) is 100 Å². The Morgan fingerprint density at radius 3 is 2.23 bits per heavy atom. The van der Waals surface area contributed by atoms with Crippen molar-refractivity contribution >= 4 is 29.1 Å². The Balaban J connectivity index is 1.85. The average molecular weight is 421 g/mol. The SMILES string of the molecule is O=C1C(=O)N(Cc2ccncc2)C(c2ccc(O)cc2)/C1=C(\O)c1ccc(Cl)cc1. The number of likely N-dealkylation sites (tertiary alicyclic amines) is 1. The fourth-order valence-electron chi connectivity index (χ4n) is 3.49. The number of phenols is 1. The zero-order valence-electron chi connectivity index (χ0n) is 15.7. The number of Topliss-reactive ketones (excluding diaryl/α,β-unsaturated/α-hetero) is 1. The highest BCUT2D eigenvalue weighted by Gasteiger charge is 2.46. The zero-order valence-corrected chi connectivity index (χ0v) is 16.5. The van der Waals surface area contributed by atoms with Gasteiger partial charge in [-0.3, -0.25) is 14.6 Å². The summed E-state index contributed by atoms with van der Waals surface area (Å²) in [7, 11) is 0. The first-order chi connectivity index (χ1) is 14.5. The number of amides is 1. The van der Waals surface area contributed by atoms with Gasteiger partial charge in [0.2, 0.25) is 0 Å². The van der Waals surface area contributed by atoms with Gasteiger partial charge in [-0.25, -0.2) is 0 Å². The topological polar surface area (TPSA) is 90.7 Å². The van der Waals surface area contributed by atoms with Gasteiger partial charge in [-0.15, -0.1) is 0 Å². The number of phenolic OH excluding ortho intramolecular Hbond substituents is 1. The van der Waals surface area contributed by atoms with Crippen LogP contribution in [0.1, 0.15) is 22.7 Å². The van der Waals surface area contributed by atoms with E-state index in [2.05, 4.69) is 4.98 Å². The van der Waals surface area contributed by atoms with Gasteiger partial charge in [0.25, 0.3) is 11.7 Å². The van der Waals surface area contributed by atoms with Crippen molar-refractivity contribution in [3.8, 4) is 5.75 Å². The van der Waals surface area contributed by atoms with Crippen LogP contribution < -0.4 is 0 Å². The number of aliphatic hydroxyl groups is 1. The molecule has 2 N–H and O–H groups in total. The van der Waals surface area contributed by atoms with Crippen molar-refractivity contribution in [2.75, 3.05) is 0 Å². The molecule has 1 fully saturated rings. The number of hydrogen-bond acceptors (Lipinski definition) is 5. The maximum atomic E-state index is 12.9.